The lowest BCUT2D eigenvalue weighted by Crippen LogP contribution is -2.41. The molecule has 1 aromatic carbocycles. The fourth-order valence-corrected chi connectivity index (χ4v) is 2.24. The van der Waals surface area contributed by atoms with Gasteiger partial charge in [-0.2, -0.15) is 0 Å². The first-order valence-corrected chi connectivity index (χ1v) is 7.57. The van der Waals surface area contributed by atoms with Crippen molar-refractivity contribution >= 4 is 33.5 Å². The van der Waals surface area contributed by atoms with Crippen molar-refractivity contribution in [1.82, 2.24) is 4.90 Å². The van der Waals surface area contributed by atoms with E-state index in [0.29, 0.717) is 6.61 Å². The van der Waals surface area contributed by atoms with E-state index in [2.05, 4.69) is 21.2 Å². The van der Waals surface area contributed by atoms with Gasteiger partial charge in [-0.1, -0.05) is 15.9 Å². The average molecular weight is 357 g/mol. The van der Waals surface area contributed by atoms with Crippen LogP contribution in [0.5, 0.6) is 0 Å². The Morgan fingerprint density at radius 2 is 2.10 bits per heavy atom. The van der Waals surface area contributed by atoms with E-state index in [1.807, 2.05) is 25.1 Å². The summed E-state index contributed by atoms with van der Waals surface area (Å²) in [6, 6.07) is 5.18. The zero-order valence-corrected chi connectivity index (χ0v) is 14.4. The van der Waals surface area contributed by atoms with Gasteiger partial charge in [-0.3, -0.25) is 14.5 Å². The monoisotopic (exact) mass is 356 g/mol. The van der Waals surface area contributed by atoms with Crippen LogP contribution in [0.4, 0.5) is 5.69 Å². The van der Waals surface area contributed by atoms with Crippen LogP contribution in [0.25, 0.3) is 0 Å². The number of carbonyl (C=O) groups excluding carboxylic acids is 2. The topological polar surface area (TPSA) is 58.6 Å². The number of aryl methyl sites for hydroxylation is 1. The molecular weight excluding hydrogens is 336 g/mol. The highest BCUT2D eigenvalue weighted by Crippen LogP contribution is 2.19. The zero-order chi connectivity index (χ0) is 16.0. The van der Waals surface area contributed by atoms with Crippen LogP contribution >= 0.6 is 15.9 Å². The summed E-state index contributed by atoms with van der Waals surface area (Å²) in [5.74, 6) is -0.494. The Labute approximate surface area is 133 Å². The van der Waals surface area contributed by atoms with Crippen LogP contribution in [0.1, 0.15) is 19.4 Å². The normalized spacial score (nSPS) is 12.1. The molecule has 6 heteroatoms. The number of hydrogen-bond donors (Lipinski definition) is 1. The van der Waals surface area contributed by atoms with Crippen LogP contribution in [0, 0.1) is 6.92 Å². The molecule has 0 radical (unpaired) electrons. The minimum atomic E-state index is -0.457. The Bertz CT molecular complexity index is 520. The highest BCUT2D eigenvalue weighted by molar-refractivity contribution is 9.10. The second-order valence-electron chi connectivity index (χ2n) is 4.85. The molecule has 0 bridgehead atoms. The Morgan fingerprint density at radius 1 is 1.43 bits per heavy atom. The van der Waals surface area contributed by atoms with Crippen LogP contribution in [0.15, 0.2) is 22.7 Å². The van der Waals surface area contributed by atoms with Gasteiger partial charge in [0.1, 0.15) is 6.04 Å². The lowest BCUT2D eigenvalue weighted by atomic mass is 10.2. The van der Waals surface area contributed by atoms with Crippen LogP contribution < -0.4 is 5.32 Å². The lowest BCUT2D eigenvalue weighted by molar-refractivity contribution is -0.148. The molecule has 0 aliphatic carbocycles. The number of ether oxygens (including phenoxy) is 1. The van der Waals surface area contributed by atoms with Gasteiger partial charge in [-0.25, -0.2) is 0 Å². The summed E-state index contributed by atoms with van der Waals surface area (Å²) in [5.41, 5.74) is 1.74. The average Bonchev–Trinajstić information content (AvgIpc) is 2.41. The minimum absolute atomic E-state index is 0.121. The fraction of sp³-hybridized carbons (Fsp3) is 0.467. The number of anilines is 1. The zero-order valence-electron chi connectivity index (χ0n) is 12.8. The smallest absolute Gasteiger partial charge is 0.323 e. The number of nitrogens with one attached hydrogen (secondary N) is 1. The number of amides is 1. The lowest BCUT2D eigenvalue weighted by Gasteiger charge is -2.22. The largest absolute Gasteiger partial charge is 0.465 e. The van der Waals surface area contributed by atoms with Crippen molar-refractivity contribution in [3.63, 3.8) is 0 Å². The Kier molecular flexibility index (Phi) is 6.84. The van der Waals surface area contributed by atoms with Crippen molar-refractivity contribution in [3.8, 4) is 0 Å². The molecule has 116 valence electrons. The maximum atomic E-state index is 12.0. The van der Waals surface area contributed by atoms with E-state index in [9.17, 15) is 9.59 Å². The number of esters is 1. The summed E-state index contributed by atoms with van der Waals surface area (Å²) < 4.78 is 5.90. The molecule has 21 heavy (non-hydrogen) atoms. The first kappa shape index (κ1) is 17.7. The van der Waals surface area contributed by atoms with E-state index in [0.717, 1.165) is 15.7 Å². The number of rotatable bonds is 6. The summed E-state index contributed by atoms with van der Waals surface area (Å²) in [4.78, 5) is 25.3. The first-order valence-electron chi connectivity index (χ1n) is 6.78. The van der Waals surface area contributed by atoms with Gasteiger partial charge in [0.2, 0.25) is 5.91 Å². The van der Waals surface area contributed by atoms with Crippen LogP contribution in [-0.2, 0) is 14.3 Å². The van der Waals surface area contributed by atoms with Crippen molar-refractivity contribution < 1.29 is 14.3 Å². The third-order valence-electron chi connectivity index (χ3n) is 3.14. The predicted molar refractivity (Wildman–Crippen MR) is 86.2 cm³/mol. The molecule has 0 aliphatic heterocycles. The second-order valence-corrected chi connectivity index (χ2v) is 5.77. The SMILES string of the molecule is CCOC(=O)[C@@H](C)N(C)CC(=O)Nc1ccc(Br)cc1C. The third-order valence-corrected chi connectivity index (χ3v) is 3.64. The number of hydrogen-bond acceptors (Lipinski definition) is 4. The summed E-state index contributed by atoms with van der Waals surface area (Å²) >= 11 is 3.38. The molecule has 1 atom stereocenters. The third kappa shape index (κ3) is 5.47. The van der Waals surface area contributed by atoms with Crippen molar-refractivity contribution in [2.75, 3.05) is 25.5 Å². The number of carbonyl (C=O) groups is 2. The molecule has 0 aromatic heterocycles. The summed E-state index contributed by atoms with van der Waals surface area (Å²) in [6.07, 6.45) is 0. The molecule has 1 amide bonds. The maximum absolute atomic E-state index is 12.0. The highest BCUT2D eigenvalue weighted by atomic mass is 79.9. The van der Waals surface area contributed by atoms with Crippen molar-refractivity contribution in [3.05, 3.63) is 28.2 Å². The Morgan fingerprint density at radius 3 is 2.67 bits per heavy atom. The number of nitrogens with zero attached hydrogens (tertiary/aromatic N) is 1. The molecule has 0 aliphatic rings. The van der Waals surface area contributed by atoms with Crippen molar-refractivity contribution in [2.24, 2.45) is 0 Å². The van der Waals surface area contributed by atoms with Crippen LogP contribution in [0.3, 0.4) is 0 Å². The number of halogens is 1. The van der Waals surface area contributed by atoms with E-state index in [1.165, 1.54) is 0 Å². The summed E-state index contributed by atoms with van der Waals surface area (Å²) in [6.45, 7) is 5.85. The maximum Gasteiger partial charge on any atom is 0.323 e. The van der Waals surface area contributed by atoms with Crippen molar-refractivity contribution in [2.45, 2.75) is 26.8 Å². The highest BCUT2D eigenvalue weighted by Gasteiger charge is 2.21. The van der Waals surface area contributed by atoms with E-state index in [1.54, 1.807) is 25.8 Å². The second kappa shape index (κ2) is 8.14. The van der Waals surface area contributed by atoms with Crippen LogP contribution in [-0.4, -0.2) is 43.0 Å². The number of likely N-dealkylation sites (N-methyl/N-ethyl adjacent to an activating group) is 1. The van der Waals surface area contributed by atoms with E-state index in [-0.39, 0.29) is 18.4 Å². The summed E-state index contributed by atoms with van der Waals surface area (Å²) in [5, 5.41) is 2.84. The predicted octanol–water partition coefficient (Wildman–Crippen LogP) is 2.58. The van der Waals surface area contributed by atoms with Gasteiger partial charge < -0.3 is 10.1 Å². The van der Waals surface area contributed by atoms with E-state index >= 15 is 0 Å². The Balaban J connectivity index is 2.58. The molecule has 5 nitrogen and oxygen atoms in total. The summed E-state index contributed by atoms with van der Waals surface area (Å²) in [7, 11) is 1.72. The minimum Gasteiger partial charge on any atom is -0.465 e. The molecule has 0 spiro atoms. The van der Waals surface area contributed by atoms with Crippen molar-refractivity contribution in [1.29, 1.82) is 0 Å². The molecule has 0 fully saturated rings. The van der Waals surface area contributed by atoms with Gasteiger partial charge >= 0.3 is 5.97 Å². The molecule has 1 rings (SSSR count). The molecule has 0 saturated carbocycles. The van der Waals surface area contributed by atoms with Gasteiger partial charge in [-0.15, -0.1) is 0 Å². The molecular formula is C15H21BrN2O3. The van der Waals surface area contributed by atoms with Gasteiger partial charge in [0.15, 0.2) is 0 Å². The number of benzene rings is 1. The standard InChI is InChI=1S/C15H21BrN2O3/c1-5-21-15(20)11(3)18(4)9-14(19)17-13-7-6-12(16)8-10(13)2/h6-8,11H,5,9H2,1-4H3,(H,17,19)/t11-/m1/s1. The molecule has 0 unspecified atom stereocenters. The fourth-order valence-electron chi connectivity index (χ4n) is 1.76. The van der Waals surface area contributed by atoms with E-state index < -0.39 is 6.04 Å². The first-order chi connectivity index (χ1) is 9.85. The van der Waals surface area contributed by atoms with Gasteiger partial charge in [0, 0.05) is 10.2 Å². The molecule has 0 heterocycles. The quantitative estimate of drug-likeness (QED) is 0.795. The molecule has 1 N–H and O–H groups in total. The van der Waals surface area contributed by atoms with Gasteiger partial charge in [0.25, 0.3) is 0 Å². The van der Waals surface area contributed by atoms with Gasteiger partial charge in [0.05, 0.1) is 13.2 Å². The molecule has 0 saturated heterocycles. The molecule has 1 aromatic rings. The van der Waals surface area contributed by atoms with Gasteiger partial charge in [-0.05, 0) is 51.6 Å². The van der Waals surface area contributed by atoms with E-state index in [4.69, 9.17) is 4.74 Å². The Hall–Kier alpha value is -1.40. The van der Waals surface area contributed by atoms with Crippen LogP contribution in [0.2, 0.25) is 0 Å².